The second-order valence-electron chi connectivity index (χ2n) is 18.1. The molecule has 75 heavy (non-hydrogen) atoms. The minimum Gasteiger partial charge on any atom is -0.814 e. The summed E-state index contributed by atoms with van der Waals surface area (Å²) in [6.45, 7) is 40.0. The third-order valence-corrected chi connectivity index (χ3v) is 8.95. The minimum atomic E-state index is -4.76. The quantitative estimate of drug-likeness (QED) is 0.0680. The molecule has 0 N–H and O–H groups in total. The number of nitrogens with zero attached hydrogens (tertiary/aromatic N) is 3. The maximum Gasteiger partial charge on any atom is 2.00 e. The number of rotatable bonds is 7. The second kappa shape index (κ2) is 45.9. The van der Waals surface area contributed by atoms with E-state index >= 15 is 0 Å². The molecule has 0 fully saturated rings. The van der Waals surface area contributed by atoms with Crippen LogP contribution in [-0.2, 0) is 41.5 Å². The van der Waals surface area contributed by atoms with Crippen LogP contribution in [0.15, 0.2) is 224 Å². The van der Waals surface area contributed by atoms with Gasteiger partial charge in [0.1, 0.15) is 0 Å². The van der Waals surface area contributed by atoms with Crippen LogP contribution in [0.1, 0.15) is 131 Å². The van der Waals surface area contributed by atoms with E-state index in [0.29, 0.717) is 0 Å². The molecule has 4 nitrogen and oxygen atoms in total. The van der Waals surface area contributed by atoms with Gasteiger partial charge in [-0.1, -0.05) is 269 Å². The van der Waals surface area contributed by atoms with Gasteiger partial charge in [-0.05, 0) is 91.8 Å². The molecule has 0 saturated heterocycles. The van der Waals surface area contributed by atoms with E-state index in [4.69, 9.17) is 20.2 Å². The second-order valence-corrected chi connectivity index (χ2v) is 18.1. The fourth-order valence-electron chi connectivity index (χ4n) is 5.58. The van der Waals surface area contributed by atoms with Crippen molar-refractivity contribution in [2.75, 3.05) is 0 Å². The molecule has 8 heteroatoms. The van der Waals surface area contributed by atoms with Crippen LogP contribution in [0.4, 0.5) is 24.5 Å². The maximum atomic E-state index is 10.4. The van der Waals surface area contributed by atoms with Gasteiger partial charge in [-0.15, -0.1) is 13.2 Å². The summed E-state index contributed by atoms with van der Waals surface area (Å²) in [6, 6.07) is 59.5. The fourth-order valence-corrected chi connectivity index (χ4v) is 5.58. The predicted molar refractivity (Wildman–Crippen MR) is 324 cm³/mol. The molecule has 0 spiro atoms. The smallest absolute Gasteiger partial charge is 0.814 e. The molecule has 0 amide bonds. The molecule has 0 atom stereocenters. The number of alkyl halides is 3. The maximum absolute atomic E-state index is 10.4. The van der Waals surface area contributed by atoms with Gasteiger partial charge in [0, 0.05) is 0 Å². The van der Waals surface area contributed by atoms with Crippen molar-refractivity contribution in [3.63, 3.8) is 0 Å². The van der Waals surface area contributed by atoms with Gasteiger partial charge in [-0.2, -0.15) is 6.29 Å². The normalized spacial score (nSPS) is 10.3. The van der Waals surface area contributed by atoms with Crippen molar-refractivity contribution in [3.05, 3.63) is 247 Å². The van der Waals surface area contributed by atoms with Gasteiger partial charge in [0.05, 0.1) is 22.8 Å². The number of carbonyl (C=O) groups excluding carboxylic acids is 1. The molecule has 0 heterocycles. The van der Waals surface area contributed by atoms with E-state index in [-0.39, 0.29) is 36.6 Å². The molecule has 1 radical (unpaired) electrons. The summed E-state index contributed by atoms with van der Waals surface area (Å²) in [5.41, 5.74) is 11.5. The van der Waals surface area contributed by atoms with Gasteiger partial charge >= 0.3 is 19.5 Å². The Morgan fingerprint density at radius 1 is 0.573 bits per heavy atom. The molecule has 0 saturated carbocycles. The van der Waals surface area contributed by atoms with Gasteiger partial charge in [0.25, 0.3) is 6.18 Å². The van der Waals surface area contributed by atoms with Crippen molar-refractivity contribution >= 4 is 46.9 Å². The van der Waals surface area contributed by atoms with Crippen LogP contribution in [0, 0.1) is 0 Å². The first-order valence-electron chi connectivity index (χ1n) is 24.8. The number of aliphatic imine (C=N–C) groups is 2. The Labute approximate surface area is 465 Å². The number of hydrogen-bond acceptors (Lipinski definition) is 3. The average Bonchev–Trinajstić information content (AvgIpc) is 3.37. The Hall–Kier alpha value is -6.63. The molecule has 0 aromatic heterocycles. The summed E-state index contributed by atoms with van der Waals surface area (Å²) in [5.74, 6) is 0. The van der Waals surface area contributed by atoms with Crippen LogP contribution in [0.25, 0.3) is 17.1 Å². The van der Waals surface area contributed by atoms with Crippen molar-refractivity contribution in [2.24, 2.45) is 9.98 Å². The fraction of sp³-hybridized carbons (Fsp3) is 0.284. The van der Waals surface area contributed by atoms with Gasteiger partial charge in [0.15, 0.2) is 0 Å². The van der Waals surface area contributed by atoms with Crippen LogP contribution in [0.2, 0.25) is 0 Å². The van der Waals surface area contributed by atoms with E-state index in [1.807, 2.05) is 150 Å². The minimum absolute atomic E-state index is 0. The number of benzene rings is 6. The number of halogens is 3. The van der Waals surface area contributed by atoms with Gasteiger partial charge in [-0.25, -0.2) is 19.4 Å². The molecule has 0 bridgehead atoms. The van der Waals surface area contributed by atoms with Crippen LogP contribution < -0.4 is 0 Å². The largest absolute Gasteiger partial charge is 2.00 e. The standard InChI is InChI=1S/C24H32N2.3C9H10.C6H6.C3H8.C3H6.C2F3O.C2H4N.Rh/c1-17(25-21-15-11-9-13-19(21)23(3,4)5)18(2)26-22-16-12-10-14-20(22)24(6,7)8;1-8(2)9-6-4-3-5-7-9;2*1-2-6-9-7-4-3-5-8-9;1-2-4-6-5-3-1;2*1-3-2;3-2(4,5)1-6;1-2-3;/h9-16H,1-8H3;3-7H,1H2,2H3;2-8H,1H3;2-5,7-8H,1,6H2;1-6H;3H2,1-2H3;3H,1H2,2H3;;2H,1H3;/q;;;;;;;2*-1;+2/b;;6-2+;;;;;;;. The Bertz CT molecular complexity index is 2340. The Morgan fingerprint density at radius 3 is 1.12 bits per heavy atom. The third kappa shape index (κ3) is 42.4. The first-order chi connectivity index (χ1) is 35.0. The molecule has 6 rings (SSSR count). The summed E-state index contributed by atoms with van der Waals surface area (Å²) in [6.07, 6.45) is 6.10. The van der Waals surface area contributed by atoms with E-state index in [9.17, 15) is 13.2 Å². The van der Waals surface area contributed by atoms with Crippen LogP contribution in [0.3, 0.4) is 0 Å². The molecule has 0 aliphatic rings. The zero-order chi connectivity index (χ0) is 56.9. The summed E-state index contributed by atoms with van der Waals surface area (Å²) >= 11 is 0. The number of hydrogen-bond donors (Lipinski definition) is 0. The first-order valence-corrected chi connectivity index (χ1v) is 24.8. The molecular weight excluding hydrogens is 1020 g/mol. The monoisotopic (exact) mass is 1110 g/mol. The molecule has 6 aromatic rings. The van der Waals surface area contributed by atoms with E-state index in [0.717, 1.165) is 41.0 Å². The van der Waals surface area contributed by atoms with E-state index in [1.165, 1.54) is 34.2 Å². The topological polar surface area (TPSA) is 64.1 Å². The van der Waals surface area contributed by atoms with Crippen molar-refractivity contribution in [1.29, 1.82) is 0 Å². The van der Waals surface area contributed by atoms with Crippen molar-refractivity contribution in [1.82, 2.24) is 0 Å². The Kier molecular flexibility index (Phi) is 45.9. The molecule has 0 unspecified atom stereocenters. The Balaban J connectivity index is -0.000000427. The summed E-state index contributed by atoms with van der Waals surface area (Å²) < 4.78 is 31.1. The van der Waals surface area contributed by atoms with Crippen molar-refractivity contribution < 1.29 is 37.4 Å². The zero-order valence-corrected chi connectivity index (χ0v) is 49.0. The van der Waals surface area contributed by atoms with Crippen LogP contribution in [0.5, 0.6) is 0 Å². The van der Waals surface area contributed by atoms with Crippen LogP contribution in [-0.4, -0.2) is 30.1 Å². The number of para-hydroxylation sites is 2. The van der Waals surface area contributed by atoms with E-state index in [2.05, 4.69) is 154 Å². The van der Waals surface area contributed by atoms with Crippen LogP contribution >= 0.6 is 0 Å². The predicted octanol–water partition coefficient (Wildman–Crippen LogP) is 20.6. The van der Waals surface area contributed by atoms with Gasteiger partial charge in [-0.3, -0.25) is 9.98 Å². The molecule has 0 aliphatic heterocycles. The van der Waals surface area contributed by atoms with Gasteiger partial charge in [0.2, 0.25) is 0 Å². The average molecular weight is 1110 g/mol. The van der Waals surface area contributed by atoms with Crippen molar-refractivity contribution in [2.45, 2.75) is 127 Å². The summed E-state index contributed by atoms with van der Waals surface area (Å²) in [5, 5.41) is 7.44. The third-order valence-electron chi connectivity index (χ3n) is 8.95. The van der Waals surface area contributed by atoms with E-state index in [1.54, 1.807) is 13.0 Å². The molecule has 405 valence electrons. The number of allylic oxidation sites excluding steroid dienone is 4. The Morgan fingerprint density at radius 2 is 0.853 bits per heavy atom. The van der Waals surface area contributed by atoms with Gasteiger partial charge < -0.3 is 10.2 Å². The van der Waals surface area contributed by atoms with E-state index < -0.39 is 6.18 Å². The molecule has 0 aliphatic carbocycles. The zero-order valence-electron chi connectivity index (χ0n) is 47.4. The molecule has 6 aromatic carbocycles. The molecular formula is C67H86F3N3ORh. The first kappa shape index (κ1) is 74.9. The summed E-state index contributed by atoms with van der Waals surface area (Å²) in [7, 11) is 0. The SMILES string of the molecule is C/C=C/c1ccccc1.C=C(C)c1ccccc1.C=CC.C=CCc1ccccc1.CC(=Nc1ccccc1C(C)(C)C)C(C)=Nc1ccccc1C(C)(C)C.CC=[N-].CCC.O=[C-]C(F)(F)F.[Rh+2].c1ccccc1. The van der Waals surface area contributed by atoms with Crippen molar-refractivity contribution in [3.8, 4) is 0 Å². The summed E-state index contributed by atoms with van der Waals surface area (Å²) in [4.78, 5) is 18.4.